The highest BCUT2D eigenvalue weighted by Gasteiger charge is 2.33. The molecule has 2 aliphatic rings. The van der Waals surface area contributed by atoms with Crippen molar-refractivity contribution in [2.24, 2.45) is 13.0 Å². The van der Waals surface area contributed by atoms with E-state index in [-0.39, 0.29) is 12.2 Å². The molecule has 1 amide bonds. The van der Waals surface area contributed by atoms with Gasteiger partial charge in [-0.1, -0.05) is 19.3 Å². The molecule has 2 heterocycles. The van der Waals surface area contributed by atoms with Gasteiger partial charge >= 0.3 is 6.09 Å². The number of nitrogens with zero attached hydrogens (tertiary/aromatic N) is 3. The molecule has 1 saturated carbocycles. The number of hydrogen-bond acceptors (Lipinski definition) is 3. The van der Waals surface area contributed by atoms with Crippen LogP contribution in [0.25, 0.3) is 0 Å². The van der Waals surface area contributed by atoms with Crippen LogP contribution in [0.15, 0.2) is 12.4 Å². The zero-order chi connectivity index (χ0) is 13.9. The third-order valence-corrected chi connectivity index (χ3v) is 4.48. The Hall–Kier alpha value is -1.52. The molecule has 1 atom stereocenters. The maximum atomic E-state index is 11.9. The van der Waals surface area contributed by atoms with Crippen LogP contribution < -0.4 is 0 Å². The molecular formula is C15H23N3O2. The number of aromatic nitrogens is 2. The lowest BCUT2D eigenvalue weighted by Crippen LogP contribution is -2.32. The minimum Gasteiger partial charge on any atom is -0.444 e. The van der Waals surface area contributed by atoms with Crippen LogP contribution >= 0.6 is 0 Å². The van der Waals surface area contributed by atoms with Gasteiger partial charge in [-0.3, -0.25) is 0 Å². The maximum Gasteiger partial charge on any atom is 0.410 e. The zero-order valence-electron chi connectivity index (χ0n) is 12.1. The standard InChI is InChI=1S/C15H23N3O2/c1-17-8-7-16-14(17)9-13-11-18(15(19)20-13)10-12-5-3-2-4-6-12/h7-8,12-13H,2-6,9-11H2,1H3/t13-/m0/s1. The number of imidazole rings is 1. The summed E-state index contributed by atoms with van der Waals surface area (Å²) >= 11 is 0. The second-order valence-electron chi connectivity index (χ2n) is 6.07. The Morgan fingerprint density at radius 2 is 2.15 bits per heavy atom. The van der Waals surface area contributed by atoms with E-state index in [1.165, 1.54) is 32.1 Å². The van der Waals surface area contributed by atoms with Crippen molar-refractivity contribution in [3.63, 3.8) is 0 Å². The van der Waals surface area contributed by atoms with Crippen molar-refractivity contribution in [2.75, 3.05) is 13.1 Å². The molecule has 5 heteroatoms. The van der Waals surface area contributed by atoms with E-state index >= 15 is 0 Å². The lowest BCUT2D eigenvalue weighted by Gasteiger charge is -2.25. The normalized spacial score (nSPS) is 24.1. The van der Waals surface area contributed by atoms with Crippen LogP contribution in [-0.4, -0.2) is 39.7 Å². The van der Waals surface area contributed by atoms with E-state index in [0.717, 1.165) is 12.4 Å². The molecule has 0 bridgehead atoms. The van der Waals surface area contributed by atoms with E-state index in [1.54, 1.807) is 6.20 Å². The summed E-state index contributed by atoms with van der Waals surface area (Å²) in [6, 6.07) is 0. The highest BCUT2D eigenvalue weighted by molar-refractivity contribution is 5.69. The molecular weight excluding hydrogens is 254 g/mol. The third-order valence-electron chi connectivity index (χ3n) is 4.48. The molecule has 1 saturated heterocycles. The first-order valence-electron chi connectivity index (χ1n) is 7.64. The summed E-state index contributed by atoms with van der Waals surface area (Å²) in [6.45, 7) is 1.58. The van der Waals surface area contributed by atoms with Crippen LogP contribution in [0.5, 0.6) is 0 Å². The van der Waals surface area contributed by atoms with Crippen molar-refractivity contribution < 1.29 is 9.53 Å². The molecule has 2 fully saturated rings. The number of aryl methyl sites for hydroxylation is 1. The van der Waals surface area contributed by atoms with Crippen molar-refractivity contribution in [3.05, 3.63) is 18.2 Å². The van der Waals surface area contributed by atoms with Gasteiger partial charge < -0.3 is 14.2 Å². The van der Waals surface area contributed by atoms with Crippen LogP contribution in [0, 0.1) is 5.92 Å². The summed E-state index contributed by atoms with van der Waals surface area (Å²) in [5.74, 6) is 1.64. The van der Waals surface area contributed by atoms with Crippen molar-refractivity contribution in [1.82, 2.24) is 14.5 Å². The molecule has 1 aliphatic carbocycles. The van der Waals surface area contributed by atoms with Gasteiger partial charge in [0.15, 0.2) is 0 Å². The van der Waals surface area contributed by atoms with Gasteiger partial charge in [-0.15, -0.1) is 0 Å². The molecule has 0 unspecified atom stereocenters. The van der Waals surface area contributed by atoms with Gasteiger partial charge in [-0.25, -0.2) is 9.78 Å². The second kappa shape index (κ2) is 5.85. The monoisotopic (exact) mass is 277 g/mol. The molecule has 3 rings (SSSR count). The van der Waals surface area contributed by atoms with E-state index in [1.807, 2.05) is 22.7 Å². The topological polar surface area (TPSA) is 47.4 Å². The number of ether oxygens (including phenoxy) is 1. The van der Waals surface area contributed by atoms with Gasteiger partial charge in [0, 0.05) is 32.4 Å². The number of cyclic esters (lactones) is 1. The van der Waals surface area contributed by atoms with Crippen molar-refractivity contribution in [1.29, 1.82) is 0 Å². The van der Waals surface area contributed by atoms with E-state index in [0.29, 0.717) is 18.9 Å². The molecule has 0 N–H and O–H groups in total. The van der Waals surface area contributed by atoms with E-state index in [2.05, 4.69) is 4.98 Å². The quantitative estimate of drug-likeness (QED) is 0.849. The molecule has 1 aromatic rings. The fraction of sp³-hybridized carbons (Fsp3) is 0.733. The Morgan fingerprint density at radius 3 is 2.85 bits per heavy atom. The largest absolute Gasteiger partial charge is 0.444 e. The fourth-order valence-corrected chi connectivity index (χ4v) is 3.31. The number of carbonyl (C=O) groups is 1. The third kappa shape index (κ3) is 2.97. The minimum absolute atomic E-state index is 0.0489. The predicted molar refractivity (Wildman–Crippen MR) is 75.3 cm³/mol. The van der Waals surface area contributed by atoms with Gasteiger partial charge in [-0.2, -0.15) is 0 Å². The summed E-state index contributed by atoms with van der Waals surface area (Å²) in [5.41, 5.74) is 0. The Morgan fingerprint density at radius 1 is 1.35 bits per heavy atom. The SMILES string of the molecule is Cn1ccnc1C[C@H]1CN(CC2CCCCC2)C(=O)O1. The van der Waals surface area contributed by atoms with Gasteiger partial charge in [-0.05, 0) is 18.8 Å². The summed E-state index contributed by atoms with van der Waals surface area (Å²) in [5, 5.41) is 0. The molecule has 110 valence electrons. The van der Waals surface area contributed by atoms with Gasteiger partial charge in [0.1, 0.15) is 11.9 Å². The molecule has 20 heavy (non-hydrogen) atoms. The summed E-state index contributed by atoms with van der Waals surface area (Å²) in [7, 11) is 1.97. The van der Waals surface area contributed by atoms with Crippen LogP contribution in [0.3, 0.4) is 0 Å². The minimum atomic E-state index is -0.144. The average molecular weight is 277 g/mol. The van der Waals surface area contributed by atoms with Crippen LogP contribution in [0.1, 0.15) is 37.9 Å². The average Bonchev–Trinajstić information content (AvgIpc) is 2.99. The lowest BCUT2D eigenvalue weighted by molar-refractivity contribution is 0.128. The second-order valence-corrected chi connectivity index (χ2v) is 6.07. The highest BCUT2D eigenvalue weighted by Crippen LogP contribution is 2.26. The first-order valence-corrected chi connectivity index (χ1v) is 7.64. The lowest BCUT2D eigenvalue weighted by atomic mass is 9.89. The highest BCUT2D eigenvalue weighted by atomic mass is 16.6. The van der Waals surface area contributed by atoms with Crippen molar-refractivity contribution in [3.8, 4) is 0 Å². The summed E-state index contributed by atoms with van der Waals surface area (Å²) < 4.78 is 7.46. The van der Waals surface area contributed by atoms with Crippen LogP contribution in [0.4, 0.5) is 4.79 Å². The summed E-state index contributed by atoms with van der Waals surface area (Å²) in [6.07, 6.45) is 10.7. The Balaban J connectivity index is 1.53. The molecule has 5 nitrogen and oxygen atoms in total. The Kier molecular flexibility index (Phi) is 3.94. The first kappa shape index (κ1) is 13.5. The number of rotatable bonds is 4. The molecule has 1 aromatic heterocycles. The van der Waals surface area contributed by atoms with Crippen molar-refractivity contribution >= 4 is 6.09 Å². The number of amides is 1. The van der Waals surface area contributed by atoms with Gasteiger partial charge in [0.2, 0.25) is 0 Å². The first-order chi connectivity index (χ1) is 9.72. The summed E-state index contributed by atoms with van der Waals surface area (Å²) in [4.78, 5) is 18.1. The Labute approximate surface area is 119 Å². The fourth-order valence-electron chi connectivity index (χ4n) is 3.31. The molecule has 0 radical (unpaired) electrons. The molecule has 0 spiro atoms. The predicted octanol–water partition coefficient (Wildman–Crippen LogP) is 2.36. The van der Waals surface area contributed by atoms with E-state index < -0.39 is 0 Å². The Bertz CT molecular complexity index is 465. The van der Waals surface area contributed by atoms with Crippen LogP contribution in [0.2, 0.25) is 0 Å². The molecule has 1 aliphatic heterocycles. The van der Waals surface area contributed by atoms with Crippen molar-refractivity contribution in [2.45, 2.75) is 44.6 Å². The number of carbonyl (C=O) groups excluding carboxylic acids is 1. The maximum absolute atomic E-state index is 11.9. The van der Waals surface area contributed by atoms with E-state index in [9.17, 15) is 4.79 Å². The zero-order valence-corrected chi connectivity index (χ0v) is 12.1. The molecule has 0 aromatic carbocycles. The smallest absolute Gasteiger partial charge is 0.410 e. The number of hydrogen-bond donors (Lipinski definition) is 0. The van der Waals surface area contributed by atoms with E-state index in [4.69, 9.17) is 4.74 Å². The van der Waals surface area contributed by atoms with Crippen LogP contribution in [-0.2, 0) is 18.2 Å². The van der Waals surface area contributed by atoms with Gasteiger partial charge in [0.05, 0.1) is 6.54 Å². The van der Waals surface area contributed by atoms with Gasteiger partial charge in [0.25, 0.3) is 0 Å².